The van der Waals surface area contributed by atoms with E-state index in [4.69, 9.17) is 14.0 Å². The first-order valence-corrected chi connectivity index (χ1v) is 10.5. The van der Waals surface area contributed by atoms with Gasteiger partial charge in [-0.1, -0.05) is 11.2 Å². The van der Waals surface area contributed by atoms with E-state index in [2.05, 4.69) is 27.6 Å². The molecular weight excluding hydrogens is 408 g/mol. The van der Waals surface area contributed by atoms with E-state index < -0.39 is 0 Å². The highest BCUT2D eigenvalue weighted by atomic mass is 16.7. The van der Waals surface area contributed by atoms with Crippen LogP contribution < -0.4 is 14.8 Å². The minimum atomic E-state index is -0.115. The lowest BCUT2D eigenvalue weighted by atomic mass is 10.1. The summed E-state index contributed by atoms with van der Waals surface area (Å²) in [4.78, 5) is 17.2. The van der Waals surface area contributed by atoms with Crippen molar-refractivity contribution in [3.8, 4) is 34.5 Å². The average Bonchev–Trinajstić information content (AvgIpc) is 3.58. The maximum atomic E-state index is 12.7. The van der Waals surface area contributed by atoms with Gasteiger partial charge in [-0.25, -0.2) is 0 Å². The molecule has 8 heteroatoms. The summed E-state index contributed by atoms with van der Waals surface area (Å²) in [5.41, 5.74) is 4.97. The van der Waals surface area contributed by atoms with Crippen LogP contribution in [0.4, 0.5) is 5.69 Å². The Morgan fingerprint density at radius 1 is 1.03 bits per heavy atom. The second-order valence-corrected chi connectivity index (χ2v) is 7.90. The van der Waals surface area contributed by atoms with Crippen LogP contribution in [-0.2, 0) is 24.2 Å². The fourth-order valence-corrected chi connectivity index (χ4v) is 4.23. The summed E-state index contributed by atoms with van der Waals surface area (Å²) < 4.78 is 18.0. The third-order valence-electron chi connectivity index (χ3n) is 5.80. The third kappa shape index (κ3) is 3.39. The molecule has 1 amide bonds. The van der Waals surface area contributed by atoms with Crippen LogP contribution in [0.2, 0.25) is 0 Å². The Labute approximate surface area is 183 Å². The summed E-state index contributed by atoms with van der Waals surface area (Å²) in [6.45, 7) is 0.346. The number of carbonyl (C=O) groups excluding carboxylic acids is 1. The lowest BCUT2D eigenvalue weighted by molar-refractivity contribution is -0.116. The smallest absolute Gasteiger partial charge is 0.274 e. The first-order valence-electron chi connectivity index (χ1n) is 10.5. The van der Waals surface area contributed by atoms with Gasteiger partial charge in [0.2, 0.25) is 18.5 Å². The maximum absolute atomic E-state index is 12.7. The van der Waals surface area contributed by atoms with Crippen molar-refractivity contribution >= 4 is 11.6 Å². The van der Waals surface area contributed by atoms with Crippen molar-refractivity contribution in [1.29, 1.82) is 0 Å². The van der Waals surface area contributed by atoms with Gasteiger partial charge < -0.3 is 23.9 Å². The normalized spacial score (nSPS) is 13.9. The van der Waals surface area contributed by atoms with Crippen LogP contribution >= 0.6 is 0 Å². The number of benzene rings is 2. The van der Waals surface area contributed by atoms with Crippen molar-refractivity contribution in [3.05, 3.63) is 65.9 Å². The van der Waals surface area contributed by atoms with Crippen LogP contribution in [0.3, 0.4) is 0 Å². The van der Waals surface area contributed by atoms with E-state index in [-0.39, 0.29) is 19.2 Å². The Bertz CT molecular complexity index is 1320. The molecule has 0 radical (unpaired) electrons. The first-order chi connectivity index (χ1) is 15.7. The zero-order valence-electron chi connectivity index (χ0n) is 17.2. The Balaban J connectivity index is 1.19. The van der Waals surface area contributed by atoms with Gasteiger partial charge in [0.05, 0.1) is 0 Å². The van der Waals surface area contributed by atoms with Gasteiger partial charge in [0.1, 0.15) is 12.2 Å². The van der Waals surface area contributed by atoms with Gasteiger partial charge in [-0.05, 0) is 72.9 Å². The Morgan fingerprint density at radius 2 is 1.94 bits per heavy atom. The minimum Gasteiger partial charge on any atom is -0.454 e. The quantitative estimate of drug-likeness (QED) is 0.515. The number of fused-ring (bicyclic) bond motifs is 2. The lowest BCUT2D eigenvalue weighted by Gasteiger charge is -2.09. The van der Waals surface area contributed by atoms with E-state index in [9.17, 15) is 4.79 Å². The van der Waals surface area contributed by atoms with Crippen LogP contribution in [0.1, 0.15) is 17.5 Å². The van der Waals surface area contributed by atoms with Crippen LogP contribution in [-0.4, -0.2) is 27.4 Å². The fourth-order valence-electron chi connectivity index (χ4n) is 4.23. The highest BCUT2D eigenvalue weighted by molar-refractivity contribution is 5.91. The second-order valence-electron chi connectivity index (χ2n) is 7.90. The predicted molar refractivity (Wildman–Crippen MR) is 116 cm³/mol. The average molecular weight is 428 g/mol. The molecule has 2 aromatic heterocycles. The molecule has 0 atom stereocenters. The van der Waals surface area contributed by atoms with Gasteiger partial charge in [-0.3, -0.25) is 4.79 Å². The van der Waals surface area contributed by atoms with E-state index in [1.165, 1.54) is 17.5 Å². The molecule has 2 aromatic carbocycles. The molecule has 0 unspecified atom stereocenters. The van der Waals surface area contributed by atoms with Crippen molar-refractivity contribution in [2.75, 3.05) is 12.1 Å². The molecule has 0 spiro atoms. The minimum absolute atomic E-state index is 0.115. The summed E-state index contributed by atoms with van der Waals surface area (Å²) in [6, 6.07) is 15.3. The fraction of sp³-hybridized carbons (Fsp3) is 0.208. The van der Waals surface area contributed by atoms with Crippen molar-refractivity contribution in [3.63, 3.8) is 0 Å². The highest BCUT2D eigenvalue weighted by Gasteiger charge is 2.19. The molecule has 32 heavy (non-hydrogen) atoms. The molecule has 0 saturated carbocycles. The number of aromatic nitrogens is 3. The maximum Gasteiger partial charge on any atom is 0.274 e. The molecule has 3 heterocycles. The molecule has 0 saturated heterocycles. The largest absolute Gasteiger partial charge is 0.454 e. The van der Waals surface area contributed by atoms with Crippen LogP contribution in [0.15, 0.2) is 59.3 Å². The first kappa shape index (κ1) is 18.7. The van der Waals surface area contributed by atoms with Crippen LogP contribution in [0, 0.1) is 0 Å². The molecular formula is C24H20N4O4. The van der Waals surface area contributed by atoms with Crippen molar-refractivity contribution in [2.45, 2.75) is 25.8 Å². The Morgan fingerprint density at radius 3 is 2.91 bits per heavy atom. The molecule has 160 valence electrons. The molecule has 4 aromatic rings. The molecule has 1 aliphatic heterocycles. The molecule has 1 aliphatic carbocycles. The van der Waals surface area contributed by atoms with E-state index in [0.717, 1.165) is 24.1 Å². The summed E-state index contributed by atoms with van der Waals surface area (Å²) >= 11 is 0. The number of carbonyl (C=O) groups is 1. The summed E-state index contributed by atoms with van der Waals surface area (Å²) in [7, 11) is 0. The van der Waals surface area contributed by atoms with Crippen molar-refractivity contribution in [2.24, 2.45) is 0 Å². The summed E-state index contributed by atoms with van der Waals surface area (Å²) in [6.07, 6.45) is 5.19. The van der Waals surface area contributed by atoms with Crippen molar-refractivity contribution in [1.82, 2.24) is 14.7 Å². The van der Waals surface area contributed by atoms with Gasteiger partial charge in [0.15, 0.2) is 11.5 Å². The summed E-state index contributed by atoms with van der Waals surface area (Å²) in [5, 5.41) is 7.08. The molecule has 0 fully saturated rings. The van der Waals surface area contributed by atoms with Crippen molar-refractivity contribution < 1.29 is 18.8 Å². The monoisotopic (exact) mass is 428 g/mol. The Hall–Kier alpha value is -4.07. The van der Waals surface area contributed by atoms with E-state index in [1.807, 2.05) is 42.6 Å². The predicted octanol–water partition coefficient (Wildman–Crippen LogP) is 4.06. The van der Waals surface area contributed by atoms with E-state index in [1.54, 1.807) is 4.57 Å². The number of rotatable bonds is 5. The number of hydrogen-bond acceptors (Lipinski definition) is 6. The van der Waals surface area contributed by atoms with Gasteiger partial charge in [0.25, 0.3) is 5.89 Å². The molecule has 0 bridgehead atoms. The number of anilines is 1. The number of aryl methyl sites for hydroxylation is 2. The third-order valence-corrected chi connectivity index (χ3v) is 5.80. The molecule has 8 nitrogen and oxygen atoms in total. The molecule has 6 rings (SSSR count). The summed E-state index contributed by atoms with van der Waals surface area (Å²) in [5.74, 6) is 2.01. The number of ether oxygens (including phenoxy) is 2. The SMILES string of the molecule is O=C(Cn1cccc1-c1nc(-c2ccc3c(c2)OCO3)no1)Nc1ccc2c(c1)CCC2. The van der Waals surface area contributed by atoms with Gasteiger partial charge >= 0.3 is 0 Å². The Kier molecular flexibility index (Phi) is 4.41. The number of amides is 1. The standard InChI is InChI=1S/C24H20N4O4/c29-22(25-18-8-6-15-3-1-4-16(15)11-18)13-28-10-2-5-19(28)24-26-23(27-32-24)17-7-9-20-21(12-17)31-14-30-20/h2,5-12H,1,3-4,13-14H2,(H,25,29). The number of nitrogens with zero attached hydrogens (tertiary/aromatic N) is 3. The number of nitrogens with one attached hydrogen (secondary N) is 1. The van der Waals surface area contributed by atoms with Gasteiger partial charge in [-0.2, -0.15) is 4.98 Å². The highest BCUT2D eigenvalue weighted by Crippen LogP contribution is 2.35. The molecule has 1 N–H and O–H groups in total. The van der Waals surface area contributed by atoms with E-state index >= 15 is 0 Å². The van der Waals surface area contributed by atoms with E-state index in [0.29, 0.717) is 28.9 Å². The van der Waals surface area contributed by atoms with Gasteiger partial charge in [0, 0.05) is 17.4 Å². The van der Waals surface area contributed by atoms with Crippen LogP contribution in [0.5, 0.6) is 11.5 Å². The lowest BCUT2D eigenvalue weighted by Crippen LogP contribution is -2.19. The van der Waals surface area contributed by atoms with Crippen LogP contribution in [0.25, 0.3) is 23.0 Å². The number of hydrogen-bond donors (Lipinski definition) is 1. The second kappa shape index (κ2) is 7.56. The zero-order valence-corrected chi connectivity index (χ0v) is 17.2. The zero-order chi connectivity index (χ0) is 21.5. The molecule has 2 aliphatic rings. The topological polar surface area (TPSA) is 91.4 Å². The van der Waals surface area contributed by atoms with Gasteiger partial charge in [-0.15, -0.1) is 0 Å².